The maximum atomic E-state index is 5.73. The van der Waals surface area contributed by atoms with Gasteiger partial charge in [-0.3, -0.25) is 11.3 Å². The molecule has 1 heterocycles. The van der Waals surface area contributed by atoms with Gasteiger partial charge in [0.1, 0.15) is 0 Å². The monoisotopic (exact) mass is 226 g/mol. The quantitative estimate of drug-likeness (QED) is 0.441. The summed E-state index contributed by atoms with van der Waals surface area (Å²) in [4.78, 5) is 0. The van der Waals surface area contributed by atoms with E-state index in [4.69, 9.17) is 5.84 Å². The number of nitrogens with one attached hydrogen (secondary N) is 1. The average Bonchev–Trinajstić information content (AvgIpc) is 2.63. The van der Waals surface area contributed by atoms with Crippen LogP contribution in [0.1, 0.15) is 38.5 Å². The van der Waals surface area contributed by atoms with Crippen molar-refractivity contribution < 1.29 is 0 Å². The topological polar surface area (TPSA) is 38.0 Å². The Morgan fingerprint density at radius 3 is 3.07 bits per heavy atom. The van der Waals surface area contributed by atoms with Crippen molar-refractivity contribution in [3.8, 4) is 0 Å². The molecule has 1 fully saturated rings. The molecular weight excluding hydrogens is 204 g/mol. The Hall–Kier alpha value is 0.01000. The third kappa shape index (κ3) is 2.99. The first-order valence-corrected chi connectivity index (χ1v) is 7.30. The standard InChI is InChI=1S/C12H22N2S/c13-14-12(11-7-8-15-9-11)10-5-3-1-2-4-6-10/h5,11-12,14H,1-4,6-9,13H2. The highest BCUT2D eigenvalue weighted by molar-refractivity contribution is 7.99. The molecule has 0 saturated carbocycles. The van der Waals surface area contributed by atoms with Gasteiger partial charge in [-0.1, -0.05) is 18.1 Å². The molecule has 2 unspecified atom stereocenters. The van der Waals surface area contributed by atoms with Crippen molar-refractivity contribution in [1.29, 1.82) is 0 Å². The van der Waals surface area contributed by atoms with Crippen LogP contribution < -0.4 is 11.3 Å². The number of thioether (sulfide) groups is 1. The Bertz CT molecular complexity index is 222. The highest BCUT2D eigenvalue weighted by atomic mass is 32.2. The summed E-state index contributed by atoms with van der Waals surface area (Å²) in [7, 11) is 0. The minimum atomic E-state index is 0.457. The Kier molecular flexibility index (Phi) is 4.54. The molecule has 1 aliphatic carbocycles. The summed E-state index contributed by atoms with van der Waals surface area (Å²) in [5, 5.41) is 0. The summed E-state index contributed by atoms with van der Waals surface area (Å²) < 4.78 is 0. The van der Waals surface area contributed by atoms with Gasteiger partial charge in [-0.15, -0.1) is 0 Å². The third-order valence-electron chi connectivity index (χ3n) is 3.59. The molecule has 0 aromatic carbocycles. The summed E-state index contributed by atoms with van der Waals surface area (Å²) >= 11 is 2.07. The van der Waals surface area contributed by atoms with Crippen LogP contribution in [0.2, 0.25) is 0 Å². The van der Waals surface area contributed by atoms with Crippen LogP contribution in [-0.4, -0.2) is 17.5 Å². The fourth-order valence-corrected chi connectivity index (χ4v) is 3.98. The molecule has 2 aliphatic rings. The van der Waals surface area contributed by atoms with E-state index in [0.717, 1.165) is 5.92 Å². The lowest BCUT2D eigenvalue weighted by Crippen LogP contribution is -2.42. The summed E-state index contributed by atoms with van der Waals surface area (Å²) in [5.74, 6) is 9.10. The zero-order chi connectivity index (χ0) is 10.5. The van der Waals surface area contributed by atoms with Crippen LogP contribution in [0.5, 0.6) is 0 Å². The summed E-state index contributed by atoms with van der Waals surface area (Å²) in [6.07, 6.45) is 10.4. The smallest absolute Gasteiger partial charge is 0.0456 e. The van der Waals surface area contributed by atoms with E-state index >= 15 is 0 Å². The molecule has 0 bridgehead atoms. The molecular formula is C12H22N2S. The van der Waals surface area contributed by atoms with Gasteiger partial charge in [0.15, 0.2) is 0 Å². The Morgan fingerprint density at radius 2 is 2.33 bits per heavy atom. The minimum Gasteiger partial charge on any atom is -0.271 e. The van der Waals surface area contributed by atoms with E-state index in [9.17, 15) is 0 Å². The van der Waals surface area contributed by atoms with Crippen LogP contribution in [0.25, 0.3) is 0 Å². The van der Waals surface area contributed by atoms with E-state index in [1.165, 1.54) is 50.0 Å². The second-order valence-electron chi connectivity index (χ2n) is 4.65. The first kappa shape index (κ1) is 11.5. The average molecular weight is 226 g/mol. The van der Waals surface area contributed by atoms with E-state index in [2.05, 4.69) is 23.3 Å². The van der Waals surface area contributed by atoms with Crippen LogP contribution in [0.15, 0.2) is 11.6 Å². The van der Waals surface area contributed by atoms with Crippen molar-refractivity contribution in [1.82, 2.24) is 5.43 Å². The lowest BCUT2D eigenvalue weighted by Gasteiger charge is -2.24. The molecule has 3 heteroatoms. The van der Waals surface area contributed by atoms with E-state index in [-0.39, 0.29) is 0 Å². The minimum absolute atomic E-state index is 0.457. The van der Waals surface area contributed by atoms with Gasteiger partial charge >= 0.3 is 0 Å². The number of allylic oxidation sites excluding steroid dienone is 1. The molecule has 1 saturated heterocycles. The van der Waals surface area contributed by atoms with Crippen molar-refractivity contribution in [2.45, 2.75) is 44.6 Å². The second-order valence-corrected chi connectivity index (χ2v) is 5.80. The van der Waals surface area contributed by atoms with Crippen LogP contribution in [0.4, 0.5) is 0 Å². The summed E-state index contributed by atoms with van der Waals surface area (Å²) in [6.45, 7) is 0. The maximum absolute atomic E-state index is 5.73. The fourth-order valence-electron chi connectivity index (χ4n) is 2.68. The van der Waals surface area contributed by atoms with Crippen molar-refractivity contribution in [3.63, 3.8) is 0 Å². The highest BCUT2D eigenvalue weighted by Crippen LogP contribution is 2.31. The zero-order valence-electron chi connectivity index (χ0n) is 9.37. The van der Waals surface area contributed by atoms with Gasteiger partial charge in [0, 0.05) is 6.04 Å². The summed E-state index contributed by atoms with van der Waals surface area (Å²) in [5.41, 5.74) is 4.65. The van der Waals surface area contributed by atoms with E-state index < -0.39 is 0 Å². The van der Waals surface area contributed by atoms with E-state index in [0.29, 0.717) is 6.04 Å². The van der Waals surface area contributed by atoms with E-state index in [1.54, 1.807) is 5.57 Å². The molecule has 2 nitrogen and oxygen atoms in total. The first-order valence-electron chi connectivity index (χ1n) is 6.14. The SMILES string of the molecule is NNC(C1=CCCCCC1)C1CCSC1. The zero-order valence-corrected chi connectivity index (χ0v) is 10.2. The highest BCUT2D eigenvalue weighted by Gasteiger charge is 2.27. The van der Waals surface area contributed by atoms with Crippen molar-refractivity contribution in [2.24, 2.45) is 11.8 Å². The number of hydrazine groups is 1. The molecule has 2 rings (SSSR count). The van der Waals surface area contributed by atoms with Crippen molar-refractivity contribution >= 4 is 11.8 Å². The van der Waals surface area contributed by atoms with Crippen LogP contribution in [0.3, 0.4) is 0 Å². The van der Waals surface area contributed by atoms with Crippen molar-refractivity contribution in [2.75, 3.05) is 11.5 Å². The van der Waals surface area contributed by atoms with Crippen LogP contribution >= 0.6 is 11.8 Å². The molecule has 3 N–H and O–H groups in total. The fraction of sp³-hybridized carbons (Fsp3) is 0.833. The van der Waals surface area contributed by atoms with Crippen molar-refractivity contribution in [3.05, 3.63) is 11.6 Å². The number of hydrogen-bond acceptors (Lipinski definition) is 3. The van der Waals surface area contributed by atoms with Gasteiger partial charge in [0.25, 0.3) is 0 Å². The molecule has 0 aromatic rings. The van der Waals surface area contributed by atoms with E-state index in [1.807, 2.05) is 0 Å². The molecule has 2 atom stereocenters. The van der Waals surface area contributed by atoms with Gasteiger partial charge in [-0.05, 0) is 49.5 Å². The third-order valence-corrected chi connectivity index (χ3v) is 4.78. The largest absolute Gasteiger partial charge is 0.271 e. The van der Waals surface area contributed by atoms with Crippen LogP contribution in [-0.2, 0) is 0 Å². The molecule has 0 amide bonds. The second kappa shape index (κ2) is 5.92. The Labute approximate surface area is 97.0 Å². The Morgan fingerprint density at radius 1 is 1.40 bits per heavy atom. The molecule has 15 heavy (non-hydrogen) atoms. The lowest BCUT2D eigenvalue weighted by atomic mass is 9.90. The molecule has 0 aromatic heterocycles. The van der Waals surface area contributed by atoms with Crippen LogP contribution in [0, 0.1) is 5.92 Å². The number of rotatable bonds is 3. The first-order chi connectivity index (χ1) is 7.42. The van der Waals surface area contributed by atoms with Gasteiger partial charge < -0.3 is 0 Å². The summed E-state index contributed by atoms with van der Waals surface area (Å²) in [6, 6.07) is 0.457. The predicted octanol–water partition coefficient (Wildman–Crippen LogP) is 2.46. The molecule has 0 spiro atoms. The molecule has 86 valence electrons. The van der Waals surface area contributed by atoms with Gasteiger partial charge in [0.05, 0.1) is 0 Å². The van der Waals surface area contributed by atoms with Gasteiger partial charge in [-0.2, -0.15) is 11.8 Å². The Balaban J connectivity index is 2.00. The molecule has 0 radical (unpaired) electrons. The number of hydrogen-bond donors (Lipinski definition) is 2. The normalized spacial score (nSPS) is 29.7. The molecule has 1 aliphatic heterocycles. The van der Waals surface area contributed by atoms with Gasteiger partial charge in [0.2, 0.25) is 0 Å². The maximum Gasteiger partial charge on any atom is 0.0456 e. The predicted molar refractivity (Wildman–Crippen MR) is 67.7 cm³/mol. The number of nitrogens with two attached hydrogens (primary N) is 1. The van der Waals surface area contributed by atoms with Gasteiger partial charge in [-0.25, -0.2) is 0 Å². The lowest BCUT2D eigenvalue weighted by molar-refractivity contribution is 0.423.